The number of likely N-dealkylation sites (N-methyl/N-ethyl adjacent to an activating group) is 1. The summed E-state index contributed by atoms with van der Waals surface area (Å²) in [7, 11) is 0. The average Bonchev–Trinajstić information content (AvgIpc) is 2.89. The molecule has 2 aromatic rings. The van der Waals surface area contributed by atoms with Gasteiger partial charge in [-0.25, -0.2) is 0 Å². The van der Waals surface area contributed by atoms with Gasteiger partial charge in [-0.2, -0.15) is 0 Å². The first-order chi connectivity index (χ1) is 10.2. The lowest BCUT2D eigenvalue weighted by atomic mass is 9.85. The van der Waals surface area contributed by atoms with Gasteiger partial charge in [-0.1, -0.05) is 6.92 Å². The van der Waals surface area contributed by atoms with Crippen molar-refractivity contribution in [3.05, 3.63) is 23.7 Å². The molecule has 0 aliphatic heterocycles. The van der Waals surface area contributed by atoms with Crippen molar-refractivity contribution < 1.29 is 9.90 Å². The lowest BCUT2D eigenvalue weighted by Gasteiger charge is -2.42. The van der Waals surface area contributed by atoms with Gasteiger partial charge in [-0.15, -0.1) is 11.3 Å². The van der Waals surface area contributed by atoms with Crippen LogP contribution in [0.4, 0.5) is 5.69 Å². The minimum atomic E-state index is -0.748. The van der Waals surface area contributed by atoms with Gasteiger partial charge in [-0.3, -0.25) is 14.7 Å². The third-order valence-corrected chi connectivity index (χ3v) is 5.01. The topological polar surface area (TPSA) is 65.5 Å². The second kappa shape index (κ2) is 5.99. The van der Waals surface area contributed by atoms with Crippen LogP contribution < -0.4 is 5.32 Å². The molecule has 0 aromatic carbocycles. The Balaban J connectivity index is 1.59. The van der Waals surface area contributed by atoms with Crippen molar-refractivity contribution in [2.45, 2.75) is 31.8 Å². The zero-order chi connectivity index (χ0) is 14.8. The number of thiophene rings is 1. The number of anilines is 1. The molecule has 3 rings (SSSR count). The van der Waals surface area contributed by atoms with E-state index >= 15 is 0 Å². The van der Waals surface area contributed by atoms with Crippen LogP contribution in [0.25, 0.3) is 10.2 Å². The third kappa shape index (κ3) is 3.01. The highest BCUT2D eigenvalue weighted by molar-refractivity contribution is 7.17. The number of fused-ring (bicyclic) bond motifs is 1. The molecule has 1 aliphatic carbocycles. The van der Waals surface area contributed by atoms with Gasteiger partial charge in [0.1, 0.15) is 0 Å². The Hall–Kier alpha value is -1.66. The largest absolute Gasteiger partial charge is 0.480 e. The average molecular weight is 305 g/mol. The van der Waals surface area contributed by atoms with Crippen molar-refractivity contribution >= 4 is 33.2 Å². The number of hydrogen-bond acceptors (Lipinski definition) is 5. The van der Waals surface area contributed by atoms with E-state index in [1.807, 2.05) is 30.2 Å². The van der Waals surface area contributed by atoms with E-state index in [2.05, 4.69) is 15.7 Å². The zero-order valence-corrected chi connectivity index (χ0v) is 12.8. The number of pyridine rings is 1. The number of nitrogens with zero attached hydrogens (tertiary/aromatic N) is 2. The van der Waals surface area contributed by atoms with Crippen LogP contribution in [0.15, 0.2) is 23.7 Å². The van der Waals surface area contributed by atoms with E-state index in [9.17, 15) is 4.79 Å². The summed E-state index contributed by atoms with van der Waals surface area (Å²) >= 11 is 1.70. The number of aliphatic carboxylic acids is 1. The van der Waals surface area contributed by atoms with Gasteiger partial charge < -0.3 is 10.4 Å². The number of hydrogen-bond donors (Lipinski definition) is 2. The van der Waals surface area contributed by atoms with Gasteiger partial charge in [0.05, 0.1) is 22.4 Å². The molecule has 0 unspecified atom stereocenters. The van der Waals surface area contributed by atoms with E-state index in [0.29, 0.717) is 12.1 Å². The molecule has 2 aromatic heterocycles. The number of aromatic nitrogens is 1. The summed E-state index contributed by atoms with van der Waals surface area (Å²) in [5.74, 6) is -0.748. The fourth-order valence-electron chi connectivity index (χ4n) is 2.88. The first kappa shape index (κ1) is 14.3. The Morgan fingerprint density at radius 2 is 2.33 bits per heavy atom. The molecule has 1 saturated carbocycles. The number of carboxylic acids is 1. The van der Waals surface area contributed by atoms with E-state index in [0.717, 1.165) is 30.6 Å². The maximum Gasteiger partial charge on any atom is 0.317 e. The Bertz CT molecular complexity index is 637. The van der Waals surface area contributed by atoms with Crippen molar-refractivity contribution in [2.75, 3.05) is 18.4 Å². The fourth-order valence-corrected chi connectivity index (χ4v) is 3.71. The standard InChI is InChI=1S/C15H19N3O2S/c1-2-18(9-14(19)20)11-7-10(8-11)17-13-3-5-16-12-4-6-21-15(12)13/h3-6,10-11H,2,7-9H2,1H3,(H,16,17)(H,19,20). The van der Waals surface area contributed by atoms with Crippen LogP contribution in [-0.4, -0.2) is 46.1 Å². The summed E-state index contributed by atoms with van der Waals surface area (Å²) in [6, 6.07) is 4.84. The summed E-state index contributed by atoms with van der Waals surface area (Å²) in [5.41, 5.74) is 2.17. The molecule has 1 aliphatic rings. The van der Waals surface area contributed by atoms with Crippen LogP contribution in [0.3, 0.4) is 0 Å². The first-order valence-corrected chi connectivity index (χ1v) is 8.10. The Labute approximate surface area is 127 Å². The smallest absolute Gasteiger partial charge is 0.317 e. The number of carbonyl (C=O) groups is 1. The molecule has 5 nitrogen and oxygen atoms in total. The fraction of sp³-hybridized carbons (Fsp3) is 0.467. The maximum atomic E-state index is 10.8. The third-order valence-electron chi connectivity index (χ3n) is 4.08. The quantitative estimate of drug-likeness (QED) is 0.859. The number of carboxylic acid groups (broad SMARTS) is 1. The minimum absolute atomic E-state index is 0.137. The molecule has 0 spiro atoms. The summed E-state index contributed by atoms with van der Waals surface area (Å²) < 4.78 is 1.19. The molecule has 0 amide bonds. The molecule has 6 heteroatoms. The summed E-state index contributed by atoms with van der Waals surface area (Å²) in [5, 5.41) is 14.5. The Morgan fingerprint density at radius 3 is 3.05 bits per heavy atom. The Morgan fingerprint density at radius 1 is 1.52 bits per heavy atom. The zero-order valence-electron chi connectivity index (χ0n) is 12.0. The van der Waals surface area contributed by atoms with Crippen LogP contribution in [0.2, 0.25) is 0 Å². The molecule has 0 atom stereocenters. The molecule has 0 saturated heterocycles. The molecule has 0 radical (unpaired) electrons. The molecule has 1 fully saturated rings. The second-order valence-corrected chi connectivity index (χ2v) is 6.33. The number of nitrogens with one attached hydrogen (secondary N) is 1. The lowest BCUT2D eigenvalue weighted by Crippen LogP contribution is -2.51. The minimum Gasteiger partial charge on any atom is -0.480 e. The molecular weight excluding hydrogens is 286 g/mol. The molecule has 2 N–H and O–H groups in total. The normalized spacial score (nSPS) is 21.4. The molecular formula is C15H19N3O2S. The van der Waals surface area contributed by atoms with Gasteiger partial charge in [0.15, 0.2) is 0 Å². The van der Waals surface area contributed by atoms with E-state index in [1.165, 1.54) is 4.70 Å². The second-order valence-electron chi connectivity index (χ2n) is 5.42. The van der Waals surface area contributed by atoms with Gasteiger partial charge in [0.25, 0.3) is 0 Å². The predicted molar refractivity (Wildman–Crippen MR) is 84.9 cm³/mol. The van der Waals surface area contributed by atoms with Crippen molar-refractivity contribution in [2.24, 2.45) is 0 Å². The molecule has 0 bridgehead atoms. The highest BCUT2D eigenvalue weighted by atomic mass is 32.1. The van der Waals surface area contributed by atoms with Crippen molar-refractivity contribution in [1.82, 2.24) is 9.88 Å². The van der Waals surface area contributed by atoms with Crippen LogP contribution in [0, 0.1) is 0 Å². The summed E-state index contributed by atoms with van der Waals surface area (Å²) in [4.78, 5) is 17.2. The van der Waals surface area contributed by atoms with Crippen LogP contribution in [0.1, 0.15) is 19.8 Å². The van der Waals surface area contributed by atoms with E-state index in [1.54, 1.807) is 11.3 Å². The molecule has 112 valence electrons. The van der Waals surface area contributed by atoms with Crippen LogP contribution in [-0.2, 0) is 4.79 Å². The van der Waals surface area contributed by atoms with Crippen molar-refractivity contribution in [3.63, 3.8) is 0 Å². The lowest BCUT2D eigenvalue weighted by molar-refractivity contribution is -0.139. The Kier molecular flexibility index (Phi) is 4.07. The van der Waals surface area contributed by atoms with E-state index < -0.39 is 5.97 Å². The highest BCUT2D eigenvalue weighted by Gasteiger charge is 2.33. The maximum absolute atomic E-state index is 10.8. The van der Waals surface area contributed by atoms with Crippen LogP contribution in [0.5, 0.6) is 0 Å². The first-order valence-electron chi connectivity index (χ1n) is 7.22. The summed E-state index contributed by atoms with van der Waals surface area (Å²) in [6.45, 7) is 2.94. The van der Waals surface area contributed by atoms with Gasteiger partial charge in [-0.05, 0) is 36.9 Å². The monoisotopic (exact) mass is 305 g/mol. The number of rotatable bonds is 6. The summed E-state index contributed by atoms with van der Waals surface area (Å²) in [6.07, 6.45) is 3.82. The van der Waals surface area contributed by atoms with E-state index in [-0.39, 0.29) is 6.54 Å². The van der Waals surface area contributed by atoms with Gasteiger partial charge in [0, 0.05) is 18.3 Å². The molecule has 21 heavy (non-hydrogen) atoms. The SMILES string of the molecule is CCN(CC(=O)O)C1CC(Nc2ccnc3ccsc23)C1. The van der Waals surface area contributed by atoms with Gasteiger partial charge >= 0.3 is 5.97 Å². The highest BCUT2D eigenvalue weighted by Crippen LogP contribution is 2.32. The molecule has 2 heterocycles. The van der Waals surface area contributed by atoms with E-state index in [4.69, 9.17) is 5.11 Å². The van der Waals surface area contributed by atoms with Crippen LogP contribution >= 0.6 is 11.3 Å². The van der Waals surface area contributed by atoms with Gasteiger partial charge in [0.2, 0.25) is 0 Å². The van der Waals surface area contributed by atoms with Crippen molar-refractivity contribution in [1.29, 1.82) is 0 Å². The van der Waals surface area contributed by atoms with Crippen molar-refractivity contribution in [3.8, 4) is 0 Å². The predicted octanol–water partition coefficient (Wildman–Crippen LogP) is 2.65.